The van der Waals surface area contributed by atoms with Gasteiger partial charge in [-0.2, -0.15) is 0 Å². The number of benzene rings is 1. The minimum absolute atomic E-state index is 0.171. The van der Waals surface area contributed by atoms with Crippen molar-refractivity contribution in [1.82, 2.24) is 0 Å². The zero-order chi connectivity index (χ0) is 22.8. The molecule has 0 spiro atoms. The number of Topliss-reactive ketones (excluding diaryl/α,β-unsaturated/α-hetero) is 1. The van der Waals surface area contributed by atoms with Crippen LogP contribution in [0, 0.1) is 22.0 Å². The number of nitrogens with zero attached hydrogens (tertiary/aromatic N) is 1. The van der Waals surface area contributed by atoms with Gasteiger partial charge < -0.3 is 14.6 Å². The lowest BCUT2D eigenvalue weighted by molar-refractivity contribution is -0.384. The Hall–Kier alpha value is -2.81. The van der Waals surface area contributed by atoms with Crippen molar-refractivity contribution < 1.29 is 33.9 Å². The van der Waals surface area contributed by atoms with Crippen LogP contribution in [0.5, 0.6) is 0 Å². The van der Waals surface area contributed by atoms with Gasteiger partial charge in [-0.3, -0.25) is 24.5 Å². The molecule has 4 atom stereocenters. The fourth-order valence-electron chi connectivity index (χ4n) is 3.74. The van der Waals surface area contributed by atoms with Gasteiger partial charge in [0.1, 0.15) is 11.5 Å². The molecule has 1 aromatic rings. The number of nitro benzene ring substituents is 1. The van der Waals surface area contributed by atoms with Crippen LogP contribution in [0.2, 0.25) is 0 Å². The Kier molecular flexibility index (Phi) is 6.97. The summed E-state index contributed by atoms with van der Waals surface area (Å²) in [5.41, 5.74) is -1.73. The van der Waals surface area contributed by atoms with E-state index in [1.807, 2.05) is 0 Å². The van der Waals surface area contributed by atoms with Crippen LogP contribution in [-0.2, 0) is 23.9 Å². The topological polar surface area (TPSA) is 133 Å². The normalized spacial score (nSPS) is 26.5. The van der Waals surface area contributed by atoms with E-state index in [2.05, 4.69) is 0 Å². The molecule has 1 aliphatic carbocycles. The van der Waals surface area contributed by atoms with E-state index >= 15 is 0 Å². The number of esters is 2. The molecule has 30 heavy (non-hydrogen) atoms. The molecule has 2 rings (SSSR count). The van der Waals surface area contributed by atoms with Gasteiger partial charge in [-0.15, -0.1) is 0 Å². The lowest BCUT2D eigenvalue weighted by Gasteiger charge is -2.42. The third-order valence-electron chi connectivity index (χ3n) is 4.97. The van der Waals surface area contributed by atoms with E-state index in [1.54, 1.807) is 27.7 Å². The van der Waals surface area contributed by atoms with Crippen molar-refractivity contribution in [3.63, 3.8) is 0 Å². The first-order valence-corrected chi connectivity index (χ1v) is 9.77. The van der Waals surface area contributed by atoms with Crippen LogP contribution in [-0.4, -0.2) is 45.6 Å². The molecule has 0 aliphatic heterocycles. The number of ether oxygens (including phenoxy) is 2. The van der Waals surface area contributed by atoms with E-state index in [1.165, 1.54) is 31.2 Å². The molecule has 1 fully saturated rings. The van der Waals surface area contributed by atoms with E-state index < -0.39 is 58.2 Å². The molecular formula is C21H27NO8. The first kappa shape index (κ1) is 23.5. The Morgan fingerprint density at radius 1 is 1.10 bits per heavy atom. The molecule has 0 bridgehead atoms. The highest BCUT2D eigenvalue weighted by Gasteiger charge is 2.56. The van der Waals surface area contributed by atoms with Crippen molar-refractivity contribution in [3.05, 3.63) is 39.9 Å². The summed E-state index contributed by atoms with van der Waals surface area (Å²) < 4.78 is 10.6. The number of hydrogen-bond donors (Lipinski definition) is 1. The highest BCUT2D eigenvalue weighted by molar-refractivity contribution is 6.06. The lowest BCUT2D eigenvalue weighted by atomic mass is 9.63. The van der Waals surface area contributed by atoms with E-state index in [9.17, 15) is 29.6 Å². The monoisotopic (exact) mass is 421 g/mol. The van der Waals surface area contributed by atoms with Gasteiger partial charge in [0.25, 0.3) is 5.69 Å². The highest BCUT2D eigenvalue weighted by atomic mass is 16.6. The minimum Gasteiger partial charge on any atom is -0.463 e. The molecule has 0 amide bonds. The molecular weight excluding hydrogens is 394 g/mol. The second-order valence-corrected chi connectivity index (χ2v) is 8.27. The average Bonchev–Trinajstić information content (AvgIpc) is 2.62. The zero-order valence-electron chi connectivity index (χ0n) is 17.7. The van der Waals surface area contributed by atoms with Gasteiger partial charge in [-0.1, -0.05) is 12.1 Å². The van der Waals surface area contributed by atoms with Gasteiger partial charge in [0.2, 0.25) is 0 Å². The van der Waals surface area contributed by atoms with E-state index in [0.29, 0.717) is 5.56 Å². The third kappa shape index (κ3) is 5.02. The lowest BCUT2D eigenvalue weighted by Crippen LogP contribution is -2.55. The fourth-order valence-corrected chi connectivity index (χ4v) is 3.74. The summed E-state index contributed by atoms with van der Waals surface area (Å²) in [4.78, 5) is 49.1. The molecule has 9 heteroatoms. The molecule has 9 nitrogen and oxygen atoms in total. The number of carbonyl (C=O) groups is 3. The minimum atomic E-state index is -1.93. The van der Waals surface area contributed by atoms with Crippen LogP contribution in [0.3, 0.4) is 0 Å². The van der Waals surface area contributed by atoms with Crippen molar-refractivity contribution in [2.24, 2.45) is 11.8 Å². The predicted molar refractivity (Wildman–Crippen MR) is 106 cm³/mol. The van der Waals surface area contributed by atoms with E-state index in [-0.39, 0.29) is 12.1 Å². The van der Waals surface area contributed by atoms with Crippen molar-refractivity contribution in [1.29, 1.82) is 0 Å². The van der Waals surface area contributed by atoms with Crippen LogP contribution in [0.15, 0.2) is 24.3 Å². The van der Waals surface area contributed by atoms with Gasteiger partial charge in [-0.25, -0.2) is 0 Å². The molecule has 0 saturated heterocycles. The van der Waals surface area contributed by atoms with Gasteiger partial charge >= 0.3 is 11.9 Å². The Balaban J connectivity index is 2.60. The van der Waals surface area contributed by atoms with Crippen LogP contribution in [0.1, 0.15) is 52.5 Å². The maximum absolute atomic E-state index is 13.0. The molecule has 1 aromatic carbocycles. The third-order valence-corrected chi connectivity index (χ3v) is 4.97. The fraction of sp³-hybridized carbons (Fsp3) is 0.571. The molecule has 0 radical (unpaired) electrons. The number of nitro groups is 1. The number of rotatable bonds is 6. The summed E-state index contributed by atoms with van der Waals surface area (Å²) in [5.74, 6) is -5.75. The molecule has 1 aliphatic rings. The van der Waals surface area contributed by atoms with Gasteiger partial charge in [0.15, 0.2) is 5.78 Å². The maximum Gasteiger partial charge on any atom is 0.317 e. The molecule has 0 unspecified atom stereocenters. The smallest absolute Gasteiger partial charge is 0.317 e. The summed E-state index contributed by atoms with van der Waals surface area (Å²) in [5, 5.41) is 21.7. The predicted octanol–water partition coefficient (Wildman–Crippen LogP) is 2.54. The van der Waals surface area contributed by atoms with Crippen LogP contribution < -0.4 is 0 Å². The van der Waals surface area contributed by atoms with Crippen molar-refractivity contribution in [3.8, 4) is 0 Å². The summed E-state index contributed by atoms with van der Waals surface area (Å²) in [6, 6.07) is 5.29. The number of hydrogen-bond acceptors (Lipinski definition) is 8. The average molecular weight is 421 g/mol. The summed E-state index contributed by atoms with van der Waals surface area (Å²) in [7, 11) is 0. The molecule has 164 valence electrons. The summed E-state index contributed by atoms with van der Waals surface area (Å²) >= 11 is 0. The molecule has 0 aromatic heterocycles. The van der Waals surface area contributed by atoms with Crippen LogP contribution in [0.4, 0.5) is 5.69 Å². The van der Waals surface area contributed by atoms with Crippen molar-refractivity contribution in [2.75, 3.05) is 0 Å². The number of non-ortho nitro benzene ring substituents is 1. The number of carbonyl (C=O) groups excluding carboxylic acids is 3. The molecule has 1 N–H and O–H groups in total. The SMILES string of the molecule is CC(C)OC(=O)[C@@H]1C(=O)[C@@](C)(O)C[C@@H](C(=O)OC(C)C)[C@@H]1c1ccc([N+](=O)[O-])cc1. The Morgan fingerprint density at radius 3 is 2.07 bits per heavy atom. The van der Waals surface area contributed by atoms with Crippen LogP contribution >= 0.6 is 0 Å². The van der Waals surface area contributed by atoms with E-state index in [4.69, 9.17) is 9.47 Å². The van der Waals surface area contributed by atoms with Gasteiger partial charge in [0.05, 0.1) is 23.0 Å². The molecule has 1 saturated carbocycles. The van der Waals surface area contributed by atoms with Gasteiger partial charge in [0, 0.05) is 18.1 Å². The summed E-state index contributed by atoms with van der Waals surface area (Å²) in [6.45, 7) is 7.82. The zero-order valence-corrected chi connectivity index (χ0v) is 17.7. The molecule has 0 heterocycles. The highest BCUT2D eigenvalue weighted by Crippen LogP contribution is 2.45. The number of aliphatic hydroxyl groups is 1. The Morgan fingerprint density at radius 2 is 1.60 bits per heavy atom. The van der Waals surface area contributed by atoms with Gasteiger partial charge in [-0.05, 0) is 46.6 Å². The summed E-state index contributed by atoms with van der Waals surface area (Å²) in [6.07, 6.45) is -1.21. The standard InChI is InChI=1S/C21H27NO8/c1-11(2)29-19(24)15-10-21(5,26)18(23)17(20(25)30-12(3)4)16(15)13-6-8-14(9-7-13)22(27)28/h6-9,11-12,15-17,26H,10H2,1-5H3/t15-,16+,17+,21+/m1/s1. The maximum atomic E-state index is 13.0. The second kappa shape index (κ2) is 8.91. The Labute approximate surface area is 174 Å². The Bertz CT molecular complexity index is 828. The van der Waals surface area contributed by atoms with Crippen molar-refractivity contribution in [2.45, 2.75) is 64.8 Å². The van der Waals surface area contributed by atoms with Crippen molar-refractivity contribution >= 4 is 23.4 Å². The quantitative estimate of drug-likeness (QED) is 0.321. The number of ketones is 1. The second-order valence-electron chi connectivity index (χ2n) is 8.27. The first-order chi connectivity index (χ1) is 13.8. The largest absolute Gasteiger partial charge is 0.463 e. The van der Waals surface area contributed by atoms with Crippen LogP contribution in [0.25, 0.3) is 0 Å². The first-order valence-electron chi connectivity index (χ1n) is 9.77. The van der Waals surface area contributed by atoms with E-state index in [0.717, 1.165) is 0 Å².